The Morgan fingerprint density at radius 1 is 1.62 bits per heavy atom. The van der Waals surface area contributed by atoms with Gasteiger partial charge in [0, 0.05) is 13.0 Å². The summed E-state index contributed by atoms with van der Waals surface area (Å²) < 4.78 is 7.07. The maximum absolute atomic E-state index is 11.2. The number of carboxylic acids is 1. The van der Waals surface area contributed by atoms with Crippen LogP contribution in [-0.4, -0.2) is 27.5 Å². The van der Waals surface area contributed by atoms with Gasteiger partial charge in [0.25, 0.3) is 0 Å². The molecule has 0 unspecified atom stereocenters. The molecule has 2 heterocycles. The second kappa shape index (κ2) is 4.15. The van der Waals surface area contributed by atoms with Gasteiger partial charge in [-0.3, -0.25) is 0 Å². The number of ether oxygens (including phenoxy) is 1. The van der Waals surface area contributed by atoms with Crippen molar-refractivity contribution in [3.8, 4) is 5.88 Å². The zero-order valence-electron chi connectivity index (χ0n) is 9.56. The monoisotopic (exact) mass is 224 g/mol. The number of carbonyl (C=O) groups is 1. The highest BCUT2D eigenvalue weighted by Gasteiger charge is 2.26. The fraction of sp³-hybridized carbons (Fsp3) is 0.636. The molecule has 0 aliphatic carbocycles. The standard InChI is InChI=1S/C11H16N2O3/c1-7(2)6-8-9(11(14)15)10-13(12-8)4-3-5-16-10/h7H,3-6H2,1-2H3,(H,14,15). The van der Waals surface area contributed by atoms with Gasteiger partial charge in [0.15, 0.2) is 0 Å². The van der Waals surface area contributed by atoms with Crippen molar-refractivity contribution in [2.75, 3.05) is 6.61 Å². The lowest BCUT2D eigenvalue weighted by atomic mass is 10.1. The molecule has 1 aliphatic rings. The highest BCUT2D eigenvalue weighted by Crippen LogP contribution is 2.27. The molecule has 1 aromatic rings. The summed E-state index contributed by atoms with van der Waals surface area (Å²) in [7, 11) is 0. The Morgan fingerprint density at radius 3 is 3.00 bits per heavy atom. The SMILES string of the molecule is CC(C)Cc1nn2c(c1C(=O)O)OCCC2. The van der Waals surface area contributed by atoms with Crippen molar-refractivity contribution >= 4 is 5.97 Å². The Bertz CT molecular complexity index is 410. The molecule has 0 fully saturated rings. The zero-order chi connectivity index (χ0) is 11.7. The molecule has 0 saturated carbocycles. The Kier molecular flexibility index (Phi) is 2.85. The van der Waals surface area contributed by atoms with Crippen molar-refractivity contribution < 1.29 is 14.6 Å². The van der Waals surface area contributed by atoms with Crippen LogP contribution >= 0.6 is 0 Å². The van der Waals surface area contributed by atoms with Crippen molar-refractivity contribution in [2.45, 2.75) is 33.2 Å². The average Bonchev–Trinajstić information content (AvgIpc) is 2.53. The predicted molar refractivity (Wildman–Crippen MR) is 57.8 cm³/mol. The van der Waals surface area contributed by atoms with Crippen LogP contribution < -0.4 is 4.74 Å². The Morgan fingerprint density at radius 2 is 2.38 bits per heavy atom. The molecule has 0 atom stereocenters. The van der Waals surface area contributed by atoms with Crippen LogP contribution in [0.25, 0.3) is 0 Å². The van der Waals surface area contributed by atoms with E-state index in [-0.39, 0.29) is 5.56 Å². The van der Waals surface area contributed by atoms with E-state index in [2.05, 4.69) is 5.10 Å². The third-order valence-corrected chi connectivity index (χ3v) is 2.55. The van der Waals surface area contributed by atoms with Gasteiger partial charge in [0.1, 0.15) is 5.56 Å². The summed E-state index contributed by atoms with van der Waals surface area (Å²) in [5.74, 6) is -0.136. The van der Waals surface area contributed by atoms with Gasteiger partial charge in [-0.2, -0.15) is 5.10 Å². The number of carboxylic acid groups (broad SMARTS) is 1. The lowest BCUT2D eigenvalue weighted by Crippen LogP contribution is -2.16. The number of aromatic carboxylic acids is 1. The molecule has 0 bridgehead atoms. The second-order valence-electron chi connectivity index (χ2n) is 4.46. The summed E-state index contributed by atoms with van der Waals surface area (Å²) in [6, 6.07) is 0. The molecule has 16 heavy (non-hydrogen) atoms. The number of rotatable bonds is 3. The highest BCUT2D eigenvalue weighted by molar-refractivity contribution is 5.91. The minimum atomic E-state index is -0.946. The molecule has 5 nitrogen and oxygen atoms in total. The summed E-state index contributed by atoms with van der Waals surface area (Å²) in [4.78, 5) is 11.2. The average molecular weight is 224 g/mol. The molecular formula is C11H16N2O3. The number of aryl methyl sites for hydroxylation is 1. The first-order valence-corrected chi connectivity index (χ1v) is 5.55. The highest BCUT2D eigenvalue weighted by atomic mass is 16.5. The molecule has 1 aromatic heterocycles. The molecule has 88 valence electrons. The van der Waals surface area contributed by atoms with E-state index < -0.39 is 5.97 Å². The molecule has 0 amide bonds. The van der Waals surface area contributed by atoms with E-state index in [1.807, 2.05) is 13.8 Å². The molecule has 1 aliphatic heterocycles. The van der Waals surface area contributed by atoms with Crippen LogP contribution in [0.2, 0.25) is 0 Å². The third kappa shape index (κ3) is 1.89. The second-order valence-corrected chi connectivity index (χ2v) is 4.46. The van der Waals surface area contributed by atoms with Gasteiger partial charge >= 0.3 is 5.97 Å². The van der Waals surface area contributed by atoms with E-state index in [1.54, 1.807) is 4.68 Å². The molecular weight excluding hydrogens is 208 g/mol. The van der Waals surface area contributed by atoms with E-state index in [1.165, 1.54) is 0 Å². The van der Waals surface area contributed by atoms with Gasteiger partial charge < -0.3 is 9.84 Å². The van der Waals surface area contributed by atoms with Gasteiger partial charge in [-0.25, -0.2) is 9.48 Å². The van der Waals surface area contributed by atoms with Crippen LogP contribution in [0.5, 0.6) is 5.88 Å². The van der Waals surface area contributed by atoms with Gasteiger partial charge in [0.05, 0.1) is 12.3 Å². The summed E-state index contributed by atoms with van der Waals surface area (Å²) in [6.07, 6.45) is 1.56. The first-order chi connectivity index (χ1) is 7.59. The van der Waals surface area contributed by atoms with Crippen molar-refractivity contribution in [1.82, 2.24) is 9.78 Å². The fourth-order valence-electron chi connectivity index (χ4n) is 1.92. The van der Waals surface area contributed by atoms with Crippen LogP contribution in [0, 0.1) is 5.92 Å². The molecule has 0 aromatic carbocycles. The van der Waals surface area contributed by atoms with Gasteiger partial charge in [-0.05, 0) is 12.3 Å². The molecule has 1 N–H and O–H groups in total. The van der Waals surface area contributed by atoms with Crippen molar-refractivity contribution in [1.29, 1.82) is 0 Å². The number of nitrogens with zero attached hydrogens (tertiary/aromatic N) is 2. The van der Waals surface area contributed by atoms with E-state index >= 15 is 0 Å². The third-order valence-electron chi connectivity index (χ3n) is 2.55. The number of fused-ring (bicyclic) bond motifs is 1. The Labute approximate surface area is 94.0 Å². The van der Waals surface area contributed by atoms with Crippen molar-refractivity contribution in [3.05, 3.63) is 11.3 Å². The molecule has 0 saturated heterocycles. The topological polar surface area (TPSA) is 64.4 Å². The smallest absolute Gasteiger partial charge is 0.343 e. The molecule has 2 rings (SSSR count). The van der Waals surface area contributed by atoms with Crippen molar-refractivity contribution in [2.24, 2.45) is 5.92 Å². The number of hydrogen-bond donors (Lipinski definition) is 1. The fourth-order valence-corrected chi connectivity index (χ4v) is 1.92. The summed E-state index contributed by atoms with van der Waals surface area (Å²) in [6.45, 7) is 5.41. The van der Waals surface area contributed by atoms with Crippen molar-refractivity contribution in [3.63, 3.8) is 0 Å². The first kappa shape index (κ1) is 11.0. The minimum Gasteiger partial charge on any atom is -0.477 e. The lowest BCUT2D eigenvalue weighted by molar-refractivity contribution is 0.0688. The zero-order valence-corrected chi connectivity index (χ0v) is 9.56. The Balaban J connectivity index is 2.43. The van der Waals surface area contributed by atoms with Gasteiger partial charge in [-0.15, -0.1) is 0 Å². The van der Waals surface area contributed by atoms with Gasteiger partial charge in [-0.1, -0.05) is 13.8 Å². The van der Waals surface area contributed by atoms with Crippen LogP contribution in [0.4, 0.5) is 0 Å². The molecule has 0 spiro atoms. The van der Waals surface area contributed by atoms with E-state index in [0.29, 0.717) is 30.5 Å². The number of aromatic nitrogens is 2. The molecule has 5 heteroatoms. The van der Waals surface area contributed by atoms with E-state index in [0.717, 1.165) is 13.0 Å². The minimum absolute atomic E-state index is 0.244. The quantitative estimate of drug-likeness (QED) is 0.846. The van der Waals surface area contributed by atoms with E-state index in [4.69, 9.17) is 4.74 Å². The van der Waals surface area contributed by atoms with Crippen LogP contribution in [-0.2, 0) is 13.0 Å². The van der Waals surface area contributed by atoms with E-state index in [9.17, 15) is 9.90 Å². The summed E-state index contributed by atoms with van der Waals surface area (Å²) in [5, 5.41) is 13.5. The van der Waals surface area contributed by atoms with Crippen LogP contribution in [0.3, 0.4) is 0 Å². The lowest BCUT2D eigenvalue weighted by Gasteiger charge is -2.14. The normalized spacial score (nSPS) is 14.7. The Hall–Kier alpha value is -1.52. The summed E-state index contributed by atoms with van der Waals surface area (Å²) in [5.41, 5.74) is 0.882. The van der Waals surface area contributed by atoms with Crippen LogP contribution in [0.15, 0.2) is 0 Å². The summed E-state index contributed by atoms with van der Waals surface area (Å²) >= 11 is 0. The van der Waals surface area contributed by atoms with Crippen LogP contribution in [0.1, 0.15) is 36.3 Å². The first-order valence-electron chi connectivity index (χ1n) is 5.55. The number of hydrogen-bond acceptors (Lipinski definition) is 3. The largest absolute Gasteiger partial charge is 0.477 e. The maximum Gasteiger partial charge on any atom is 0.343 e. The van der Waals surface area contributed by atoms with Gasteiger partial charge in [0.2, 0.25) is 5.88 Å². The maximum atomic E-state index is 11.2. The predicted octanol–water partition coefficient (Wildman–Crippen LogP) is 1.56. The molecule has 0 radical (unpaired) electrons.